The van der Waals surface area contributed by atoms with Crippen LogP contribution in [0.15, 0.2) is 24.3 Å². The third kappa shape index (κ3) is 1.97. The van der Waals surface area contributed by atoms with Crippen LogP contribution in [0.1, 0.15) is 36.0 Å². The molecule has 2 fully saturated rings. The Balaban J connectivity index is 1.58. The Bertz CT molecular complexity index is 472. The molecule has 4 heteroatoms. The Morgan fingerprint density at radius 1 is 1.28 bits per heavy atom. The van der Waals surface area contributed by atoms with Gasteiger partial charge in [-0.1, -0.05) is 6.07 Å². The molecule has 2 aliphatic carbocycles. The first kappa shape index (κ1) is 11.5. The minimum atomic E-state index is -0.421. The van der Waals surface area contributed by atoms with Crippen LogP contribution in [0.2, 0.25) is 0 Å². The average Bonchev–Trinajstić information content (AvgIpc) is 2.24. The van der Waals surface area contributed by atoms with Crippen LogP contribution in [-0.4, -0.2) is 18.1 Å². The topological polar surface area (TPSA) is 78.3 Å². The fourth-order valence-corrected chi connectivity index (χ4v) is 3.29. The second kappa shape index (κ2) is 3.99. The second-order valence-electron chi connectivity index (χ2n) is 5.71. The van der Waals surface area contributed by atoms with Crippen molar-refractivity contribution in [1.29, 1.82) is 0 Å². The maximum absolute atomic E-state index is 11.1. The van der Waals surface area contributed by atoms with Crippen molar-refractivity contribution < 1.29 is 9.53 Å². The molecule has 0 bridgehead atoms. The molecule has 0 saturated heterocycles. The van der Waals surface area contributed by atoms with E-state index in [1.165, 1.54) is 0 Å². The zero-order valence-electron chi connectivity index (χ0n) is 10.3. The predicted molar refractivity (Wildman–Crippen MR) is 68.3 cm³/mol. The normalized spacial score (nSPS) is 33.6. The van der Waals surface area contributed by atoms with Crippen molar-refractivity contribution >= 4 is 5.91 Å². The van der Waals surface area contributed by atoms with Crippen LogP contribution < -0.4 is 16.2 Å². The molecule has 0 aliphatic heterocycles. The molecule has 96 valence electrons. The third-order valence-corrected chi connectivity index (χ3v) is 4.13. The molecular weight excluding hydrogens is 228 g/mol. The summed E-state index contributed by atoms with van der Waals surface area (Å²) in [4.78, 5) is 11.1. The number of carbonyl (C=O) groups excluding carboxylic acids is 1. The van der Waals surface area contributed by atoms with Gasteiger partial charge in [0.05, 0.1) is 6.10 Å². The molecular formula is C14H18N2O2. The highest BCUT2D eigenvalue weighted by Gasteiger charge is 2.52. The maximum Gasteiger partial charge on any atom is 0.248 e. The number of amides is 1. The van der Waals surface area contributed by atoms with E-state index in [2.05, 4.69) is 0 Å². The lowest BCUT2D eigenvalue weighted by Gasteiger charge is -2.56. The Hall–Kier alpha value is -1.55. The van der Waals surface area contributed by atoms with Crippen molar-refractivity contribution in [3.8, 4) is 5.75 Å². The molecule has 0 heterocycles. The summed E-state index contributed by atoms with van der Waals surface area (Å²) in [5.41, 5.74) is 12.0. The van der Waals surface area contributed by atoms with Gasteiger partial charge in [-0.3, -0.25) is 4.79 Å². The number of nitrogens with two attached hydrogens (primary N) is 2. The van der Waals surface area contributed by atoms with Crippen LogP contribution in [0.3, 0.4) is 0 Å². The summed E-state index contributed by atoms with van der Waals surface area (Å²) in [5.74, 6) is 0.310. The van der Waals surface area contributed by atoms with E-state index >= 15 is 0 Å². The number of hydrogen-bond donors (Lipinski definition) is 2. The number of rotatable bonds is 3. The van der Waals surface area contributed by atoms with Gasteiger partial charge in [-0.2, -0.15) is 0 Å². The zero-order valence-corrected chi connectivity index (χ0v) is 10.3. The smallest absolute Gasteiger partial charge is 0.248 e. The summed E-state index contributed by atoms with van der Waals surface area (Å²) >= 11 is 0. The van der Waals surface area contributed by atoms with Crippen LogP contribution >= 0.6 is 0 Å². The number of carbonyl (C=O) groups is 1. The first-order valence-electron chi connectivity index (χ1n) is 6.38. The Morgan fingerprint density at radius 2 is 2.00 bits per heavy atom. The molecule has 1 spiro atoms. The molecule has 2 saturated carbocycles. The standard InChI is InChI=1S/C14H18N2O2/c15-10-5-14(6-10)7-12(8-14)18-11-3-1-2-9(4-11)13(16)17/h1-4,10,12H,5-8,15H2,(H2,16,17). The van der Waals surface area contributed by atoms with Gasteiger partial charge in [-0.25, -0.2) is 0 Å². The van der Waals surface area contributed by atoms with Crippen molar-refractivity contribution in [2.24, 2.45) is 16.9 Å². The van der Waals surface area contributed by atoms with Gasteiger partial charge in [0, 0.05) is 11.6 Å². The fourth-order valence-electron chi connectivity index (χ4n) is 3.29. The van der Waals surface area contributed by atoms with Crippen LogP contribution in [0, 0.1) is 5.41 Å². The van der Waals surface area contributed by atoms with Gasteiger partial charge in [0.1, 0.15) is 5.75 Å². The number of benzene rings is 1. The van der Waals surface area contributed by atoms with Crippen molar-refractivity contribution in [1.82, 2.24) is 0 Å². The van der Waals surface area contributed by atoms with Crippen molar-refractivity contribution in [3.63, 3.8) is 0 Å². The van der Waals surface area contributed by atoms with Crippen LogP contribution in [0.25, 0.3) is 0 Å². The predicted octanol–water partition coefficient (Wildman–Crippen LogP) is 1.43. The summed E-state index contributed by atoms with van der Waals surface area (Å²) in [6.45, 7) is 0. The highest BCUT2D eigenvalue weighted by Crippen LogP contribution is 2.56. The molecule has 1 aromatic rings. The molecule has 4 nitrogen and oxygen atoms in total. The summed E-state index contributed by atoms with van der Waals surface area (Å²) in [5, 5.41) is 0. The summed E-state index contributed by atoms with van der Waals surface area (Å²) in [6, 6.07) is 7.46. The van der Waals surface area contributed by atoms with Gasteiger partial charge < -0.3 is 16.2 Å². The van der Waals surface area contributed by atoms with Gasteiger partial charge in [-0.05, 0) is 49.3 Å². The lowest BCUT2D eigenvalue weighted by atomic mass is 9.53. The highest BCUT2D eigenvalue weighted by atomic mass is 16.5. The number of hydrogen-bond acceptors (Lipinski definition) is 3. The Kier molecular flexibility index (Phi) is 2.55. The van der Waals surface area contributed by atoms with E-state index in [-0.39, 0.29) is 6.10 Å². The highest BCUT2D eigenvalue weighted by molar-refractivity contribution is 5.93. The second-order valence-corrected chi connectivity index (χ2v) is 5.71. The SMILES string of the molecule is NC(=O)c1cccc(OC2CC3(CC(N)C3)C2)c1. The van der Waals surface area contributed by atoms with Crippen molar-refractivity contribution in [2.45, 2.75) is 37.8 Å². The molecule has 0 atom stereocenters. The van der Waals surface area contributed by atoms with E-state index in [4.69, 9.17) is 16.2 Å². The summed E-state index contributed by atoms with van der Waals surface area (Å²) in [7, 11) is 0. The molecule has 0 radical (unpaired) electrons. The third-order valence-electron chi connectivity index (χ3n) is 4.13. The quantitative estimate of drug-likeness (QED) is 0.847. The lowest BCUT2D eigenvalue weighted by molar-refractivity contribution is -0.0781. The molecule has 4 N–H and O–H groups in total. The van der Waals surface area contributed by atoms with Crippen LogP contribution in [0.5, 0.6) is 5.75 Å². The van der Waals surface area contributed by atoms with Gasteiger partial charge >= 0.3 is 0 Å². The fraction of sp³-hybridized carbons (Fsp3) is 0.500. The Morgan fingerprint density at radius 3 is 2.61 bits per heavy atom. The first-order valence-corrected chi connectivity index (χ1v) is 6.38. The van der Waals surface area contributed by atoms with E-state index in [1.54, 1.807) is 18.2 Å². The van der Waals surface area contributed by atoms with E-state index < -0.39 is 5.91 Å². The van der Waals surface area contributed by atoms with Gasteiger partial charge in [0.15, 0.2) is 0 Å². The lowest BCUT2D eigenvalue weighted by Crippen LogP contribution is -2.56. The van der Waals surface area contributed by atoms with Gasteiger partial charge in [-0.15, -0.1) is 0 Å². The van der Waals surface area contributed by atoms with Crippen molar-refractivity contribution in [2.75, 3.05) is 0 Å². The van der Waals surface area contributed by atoms with E-state index in [0.717, 1.165) is 31.4 Å². The van der Waals surface area contributed by atoms with Crippen LogP contribution in [-0.2, 0) is 0 Å². The zero-order chi connectivity index (χ0) is 12.8. The summed E-state index contributed by atoms with van der Waals surface area (Å²) < 4.78 is 5.86. The van der Waals surface area contributed by atoms with E-state index in [0.29, 0.717) is 17.0 Å². The molecule has 3 rings (SSSR count). The van der Waals surface area contributed by atoms with Gasteiger partial charge in [0.25, 0.3) is 0 Å². The molecule has 1 aromatic carbocycles. The molecule has 0 unspecified atom stereocenters. The van der Waals surface area contributed by atoms with Gasteiger partial charge in [0.2, 0.25) is 5.91 Å². The summed E-state index contributed by atoms with van der Waals surface area (Å²) in [6.07, 6.45) is 4.70. The van der Waals surface area contributed by atoms with E-state index in [9.17, 15) is 4.79 Å². The molecule has 18 heavy (non-hydrogen) atoms. The molecule has 2 aliphatic rings. The maximum atomic E-state index is 11.1. The number of ether oxygens (including phenoxy) is 1. The van der Waals surface area contributed by atoms with Crippen molar-refractivity contribution in [3.05, 3.63) is 29.8 Å². The Labute approximate surface area is 106 Å². The minimum Gasteiger partial charge on any atom is -0.490 e. The minimum absolute atomic E-state index is 0.264. The van der Waals surface area contributed by atoms with Crippen LogP contribution in [0.4, 0.5) is 0 Å². The molecule has 1 amide bonds. The molecule has 0 aromatic heterocycles. The van der Waals surface area contributed by atoms with E-state index in [1.807, 2.05) is 6.07 Å². The monoisotopic (exact) mass is 246 g/mol. The largest absolute Gasteiger partial charge is 0.490 e. The number of primary amides is 1. The average molecular weight is 246 g/mol. The first-order chi connectivity index (χ1) is 8.56.